The van der Waals surface area contributed by atoms with Gasteiger partial charge in [-0.1, -0.05) is 18.2 Å². The van der Waals surface area contributed by atoms with Crippen LogP contribution in [0.25, 0.3) is 0 Å². The number of halogens is 2. The van der Waals surface area contributed by atoms with Crippen molar-refractivity contribution in [3.05, 3.63) is 70.8 Å². The van der Waals surface area contributed by atoms with Gasteiger partial charge in [0.2, 0.25) is 0 Å². The summed E-state index contributed by atoms with van der Waals surface area (Å²) in [5.74, 6) is -1.52. The molecule has 0 aromatic heterocycles. The lowest BCUT2D eigenvalue weighted by Gasteiger charge is -2.35. The van der Waals surface area contributed by atoms with E-state index in [-0.39, 0.29) is 30.2 Å². The maximum atomic E-state index is 14.2. The Balaban J connectivity index is 1.61. The van der Waals surface area contributed by atoms with Gasteiger partial charge < -0.3 is 15.0 Å². The van der Waals surface area contributed by atoms with Crippen LogP contribution in [0.15, 0.2) is 42.5 Å². The van der Waals surface area contributed by atoms with E-state index in [9.17, 15) is 13.6 Å². The minimum absolute atomic E-state index is 0.0443. The molecule has 1 N–H and O–H groups in total. The molecular weight excluding hydrogens is 400 g/mol. The highest BCUT2D eigenvalue weighted by molar-refractivity contribution is 5.94. The number of nitrogens with one attached hydrogen (secondary N) is 1. The van der Waals surface area contributed by atoms with Crippen LogP contribution in [0.5, 0.6) is 0 Å². The van der Waals surface area contributed by atoms with Crippen LogP contribution in [0.2, 0.25) is 0 Å². The zero-order chi connectivity index (χ0) is 22.5. The molecule has 0 bridgehead atoms. The van der Waals surface area contributed by atoms with Crippen molar-refractivity contribution in [3.63, 3.8) is 0 Å². The van der Waals surface area contributed by atoms with E-state index in [1.54, 1.807) is 31.1 Å². The largest absolute Gasteiger partial charge is 0.373 e. The van der Waals surface area contributed by atoms with Crippen LogP contribution in [0.3, 0.4) is 0 Å². The van der Waals surface area contributed by atoms with Gasteiger partial charge in [-0.25, -0.2) is 8.78 Å². The maximum Gasteiger partial charge on any atom is 0.251 e. The van der Waals surface area contributed by atoms with E-state index in [0.29, 0.717) is 5.56 Å². The molecule has 0 saturated carbocycles. The second kappa shape index (κ2) is 10.3. The molecule has 1 aliphatic heterocycles. The van der Waals surface area contributed by atoms with Gasteiger partial charge in [0.1, 0.15) is 11.6 Å². The van der Waals surface area contributed by atoms with E-state index in [2.05, 4.69) is 24.1 Å². The number of rotatable bonds is 7. The van der Waals surface area contributed by atoms with Crippen molar-refractivity contribution in [3.8, 4) is 0 Å². The summed E-state index contributed by atoms with van der Waals surface area (Å²) in [7, 11) is 3.45. The van der Waals surface area contributed by atoms with Crippen LogP contribution in [-0.2, 0) is 11.3 Å². The Hall–Kier alpha value is -2.35. The monoisotopic (exact) mass is 431 g/mol. The highest BCUT2D eigenvalue weighted by Gasteiger charge is 2.24. The Kier molecular flexibility index (Phi) is 7.75. The fourth-order valence-corrected chi connectivity index (χ4v) is 4.10. The van der Waals surface area contributed by atoms with E-state index in [4.69, 9.17) is 4.74 Å². The number of nitrogens with zero attached hydrogens (tertiary/aromatic N) is 2. The smallest absolute Gasteiger partial charge is 0.251 e. The molecule has 1 heterocycles. The number of amides is 1. The number of carbonyl (C=O) groups excluding carboxylic acids is 1. The third kappa shape index (κ3) is 6.09. The summed E-state index contributed by atoms with van der Waals surface area (Å²) in [6.45, 7) is 6.80. The second-order valence-corrected chi connectivity index (χ2v) is 8.47. The molecule has 5 nitrogen and oxygen atoms in total. The molecule has 0 aliphatic carbocycles. The predicted octanol–water partition coefficient (Wildman–Crippen LogP) is 3.61. The molecule has 3 rings (SSSR count). The molecule has 2 aromatic rings. The van der Waals surface area contributed by atoms with Crippen molar-refractivity contribution in [2.75, 3.05) is 33.7 Å². The Labute approximate surface area is 183 Å². The van der Waals surface area contributed by atoms with Gasteiger partial charge in [0.05, 0.1) is 18.2 Å². The van der Waals surface area contributed by atoms with Crippen LogP contribution in [0.1, 0.15) is 41.4 Å². The lowest BCUT2D eigenvalue weighted by Crippen LogP contribution is -2.44. The minimum Gasteiger partial charge on any atom is -0.373 e. The summed E-state index contributed by atoms with van der Waals surface area (Å²) < 4.78 is 34.2. The zero-order valence-electron chi connectivity index (χ0n) is 18.6. The molecule has 31 heavy (non-hydrogen) atoms. The van der Waals surface area contributed by atoms with Gasteiger partial charge in [0, 0.05) is 37.3 Å². The fourth-order valence-electron chi connectivity index (χ4n) is 4.10. The lowest BCUT2D eigenvalue weighted by molar-refractivity contribution is -0.0704. The maximum absolute atomic E-state index is 14.2. The molecule has 3 unspecified atom stereocenters. The SMILES string of the molecule is CC1CN(Cc2ccc(C(=O)NCC(c3c(F)cccc3F)N(C)C)cc2)CC(C)O1. The summed E-state index contributed by atoms with van der Waals surface area (Å²) in [5, 5.41) is 2.80. The van der Waals surface area contributed by atoms with E-state index in [0.717, 1.165) is 25.2 Å². The molecule has 3 atom stereocenters. The molecule has 1 aliphatic rings. The summed E-state index contributed by atoms with van der Waals surface area (Å²) >= 11 is 0. The number of benzene rings is 2. The third-order valence-corrected chi connectivity index (χ3v) is 5.53. The van der Waals surface area contributed by atoms with Crippen molar-refractivity contribution < 1.29 is 18.3 Å². The lowest BCUT2D eigenvalue weighted by atomic mass is 10.0. The van der Waals surface area contributed by atoms with Gasteiger partial charge in [-0.2, -0.15) is 0 Å². The van der Waals surface area contributed by atoms with Gasteiger partial charge in [-0.3, -0.25) is 9.69 Å². The first-order valence-electron chi connectivity index (χ1n) is 10.6. The third-order valence-electron chi connectivity index (χ3n) is 5.53. The van der Waals surface area contributed by atoms with Gasteiger partial charge in [0.15, 0.2) is 0 Å². The molecule has 0 radical (unpaired) electrons. The van der Waals surface area contributed by atoms with E-state index < -0.39 is 17.7 Å². The standard InChI is InChI=1S/C24H31F2N3O2/c1-16-13-29(14-17(2)31-16)15-18-8-10-19(11-9-18)24(30)27-12-22(28(3)4)23-20(25)6-5-7-21(23)26/h5-11,16-17,22H,12-15H2,1-4H3,(H,27,30). The zero-order valence-corrected chi connectivity index (χ0v) is 18.6. The summed E-state index contributed by atoms with van der Waals surface area (Å²) in [5.41, 5.74) is 1.59. The number of likely N-dealkylation sites (N-methyl/N-ethyl adjacent to an activating group) is 1. The number of morpholine rings is 1. The Morgan fingerprint density at radius 3 is 2.23 bits per heavy atom. The molecule has 7 heteroatoms. The quantitative estimate of drug-likeness (QED) is 0.728. The van der Waals surface area contributed by atoms with Crippen LogP contribution >= 0.6 is 0 Å². The Morgan fingerprint density at radius 2 is 1.68 bits per heavy atom. The molecule has 2 aromatic carbocycles. The van der Waals surface area contributed by atoms with Crippen molar-refractivity contribution in [2.24, 2.45) is 0 Å². The van der Waals surface area contributed by atoms with Gasteiger partial charge in [-0.05, 0) is 57.8 Å². The number of ether oxygens (including phenoxy) is 1. The molecular formula is C24H31F2N3O2. The molecule has 0 spiro atoms. The van der Waals surface area contributed by atoms with Gasteiger partial charge in [0.25, 0.3) is 5.91 Å². The van der Waals surface area contributed by atoms with Gasteiger partial charge in [-0.15, -0.1) is 0 Å². The molecule has 1 amide bonds. The number of hydrogen-bond acceptors (Lipinski definition) is 4. The van der Waals surface area contributed by atoms with Gasteiger partial charge >= 0.3 is 0 Å². The minimum atomic E-state index is -0.621. The molecule has 1 fully saturated rings. The predicted molar refractivity (Wildman–Crippen MR) is 117 cm³/mol. The Morgan fingerprint density at radius 1 is 1.10 bits per heavy atom. The average molecular weight is 432 g/mol. The first-order valence-corrected chi connectivity index (χ1v) is 10.6. The first kappa shape index (κ1) is 23.3. The van der Waals surface area contributed by atoms with Crippen LogP contribution in [0, 0.1) is 11.6 Å². The normalized spacial score (nSPS) is 20.6. The van der Waals surface area contributed by atoms with Crippen molar-refractivity contribution in [2.45, 2.75) is 38.6 Å². The summed E-state index contributed by atoms with van der Waals surface area (Å²) in [4.78, 5) is 16.7. The first-order chi connectivity index (χ1) is 14.7. The topological polar surface area (TPSA) is 44.8 Å². The van der Waals surface area contributed by atoms with Crippen molar-refractivity contribution in [1.82, 2.24) is 15.1 Å². The van der Waals surface area contributed by atoms with Crippen LogP contribution in [0.4, 0.5) is 8.78 Å². The van der Waals surface area contributed by atoms with Crippen molar-refractivity contribution >= 4 is 5.91 Å². The van der Waals surface area contributed by atoms with E-state index in [1.807, 2.05) is 12.1 Å². The summed E-state index contributed by atoms with van der Waals surface area (Å²) in [6.07, 6.45) is 0.412. The highest BCUT2D eigenvalue weighted by Crippen LogP contribution is 2.24. The summed E-state index contributed by atoms with van der Waals surface area (Å²) in [6, 6.07) is 10.6. The Bertz CT molecular complexity index is 859. The fraction of sp³-hybridized carbons (Fsp3) is 0.458. The number of carbonyl (C=O) groups is 1. The highest BCUT2D eigenvalue weighted by atomic mass is 19.1. The van der Waals surface area contributed by atoms with Crippen LogP contribution in [-0.4, -0.2) is 61.6 Å². The van der Waals surface area contributed by atoms with Crippen molar-refractivity contribution in [1.29, 1.82) is 0 Å². The average Bonchev–Trinajstić information content (AvgIpc) is 2.69. The second-order valence-electron chi connectivity index (χ2n) is 8.47. The number of hydrogen-bond donors (Lipinski definition) is 1. The molecule has 168 valence electrons. The molecule has 1 saturated heterocycles. The van der Waals surface area contributed by atoms with E-state index >= 15 is 0 Å². The van der Waals surface area contributed by atoms with E-state index in [1.165, 1.54) is 18.2 Å². The van der Waals surface area contributed by atoms with Crippen LogP contribution < -0.4 is 5.32 Å².